The molecule has 2 rings (SSSR count). The third-order valence-electron chi connectivity index (χ3n) is 2.70. The molecule has 0 unspecified atom stereocenters. The maximum Gasteiger partial charge on any atom is 0.175 e. The minimum absolute atomic E-state index is 0.0103. The van der Waals surface area contributed by atoms with Crippen molar-refractivity contribution in [3.8, 4) is 0 Å². The molecule has 0 spiro atoms. The summed E-state index contributed by atoms with van der Waals surface area (Å²) in [7, 11) is -3.56. The van der Waals surface area contributed by atoms with Crippen LogP contribution in [0.25, 0.3) is 6.08 Å². The van der Waals surface area contributed by atoms with Gasteiger partial charge < -0.3 is 0 Å². The summed E-state index contributed by atoms with van der Waals surface area (Å²) in [5.74, 6) is -1.75. The van der Waals surface area contributed by atoms with Gasteiger partial charge in [-0.1, -0.05) is 23.7 Å². The van der Waals surface area contributed by atoms with Gasteiger partial charge in [0.2, 0.25) is 0 Å². The average Bonchev–Trinajstić information content (AvgIpc) is 2.40. The summed E-state index contributed by atoms with van der Waals surface area (Å²) in [6.45, 7) is 0. The highest BCUT2D eigenvalue weighted by Crippen LogP contribution is 2.15. The van der Waals surface area contributed by atoms with Gasteiger partial charge in [0, 0.05) is 22.1 Å². The third kappa shape index (κ3) is 4.65. The molecule has 0 saturated heterocycles. The third-order valence-corrected chi connectivity index (χ3v) is 4.24. The van der Waals surface area contributed by atoms with Crippen LogP contribution in [0.3, 0.4) is 0 Å². The van der Waals surface area contributed by atoms with Crippen molar-refractivity contribution in [1.82, 2.24) is 0 Å². The Morgan fingerprint density at radius 3 is 2.33 bits per heavy atom. The number of benzene rings is 2. The fourth-order valence-corrected chi connectivity index (χ4v) is 2.91. The van der Waals surface area contributed by atoms with Gasteiger partial charge in [0.1, 0.15) is 11.6 Å². The van der Waals surface area contributed by atoms with Crippen LogP contribution < -0.4 is 0 Å². The average molecular weight is 329 g/mol. The van der Waals surface area contributed by atoms with Crippen molar-refractivity contribution in [2.45, 2.75) is 5.75 Å². The van der Waals surface area contributed by atoms with E-state index in [1.54, 1.807) is 24.3 Å². The second-order valence-electron chi connectivity index (χ2n) is 4.40. The Hall–Kier alpha value is -1.72. The maximum absolute atomic E-state index is 13.4. The van der Waals surface area contributed by atoms with Gasteiger partial charge in [0.15, 0.2) is 9.84 Å². The molecule has 21 heavy (non-hydrogen) atoms. The van der Waals surface area contributed by atoms with Crippen LogP contribution in [0.2, 0.25) is 5.02 Å². The molecule has 110 valence electrons. The Labute approximate surface area is 126 Å². The topological polar surface area (TPSA) is 34.1 Å². The summed E-state index contributed by atoms with van der Waals surface area (Å²) in [6, 6.07) is 9.34. The van der Waals surface area contributed by atoms with Crippen LogP contribution in [0.1, 0.15) is 11.1 Å². The van der Waals surface area contributed by atoms with Crippen molar-refractivity contribution in [2.24, 2.45) is 0 Å². The quantitative estimate of drug-likeness (QED) is 0.842. The van der Waals surface area contributed by atoms with E-state index in [0.717, 1.165) is 17.6 Å². The lowest BCUT2D eigenvalue weighted by Crippen LogP contribution is -2.00. The van der Waals surface area contributed by atoms with Gasteiger partial charge in [-0.05, 0) is 35.9 Å². The van der Waals surface area contributed by atoms with E-state index in [2.05, 4.69) is 0 Å². The highest BCUT2D eigenvalue weighted by Gasteiger charge is 2.09. The largest absolute Gasteiger partial charge is 0.224 e. The Balaban J connectivity index is 2.16. The lowest BCUT2D eigenvalue weighted by atomic mass is 10.2. The Morgan fingerprint density at radius 1 is 1.05 bits per heavy atom. The molecule has 6 heteroatoms. The highest BCUT2D eigenvalue weighted by atomic mass is 35.5. The molecule has 2 aromatic rings. The zero-order chi connectivity index (χ0) is 15.5. The van der Waals surface area contributed by atoms with Gasteiger partial charge in [-0.3, -0.25) is 0 Å². The molecule has 0 fully saturated rings. The Kier molecular flexibility index (Phi) is 4.75. The molecule has 2 nitrogen and oxygen atoms in total. The van der Waals surface area contributed by atoms with Crippen LogP contribution in [0.5, 0.6) is 0 Å². The van der Waals surface area contributed by atoms with Gasteiger partial charge in [0.25, 0.3) is 0 Å². The molecule has 0 heterocycles. The fourth-order valence-electron chi connectivity index (χ4n) is 1.67. The molecule has 0 radical (unpaired) electrons. The van der Waals surface area contributed by atoms with Crippen LogP contribution in [0, 0.1) is 11.6 Å². The summed E-state index contributed by atoms with van der Waals surface area (Å²) in [5.41, 5.74) is 0.583. The van der Waals surface area contributed by atoms with Crippen molar-refractivity contribution in [3.05, 3.63) is 75.7 Å². The van der Waals surface area contributed by atoms with Gasteiger partial charge in [0.05, 0.1) is 5.75 Å². The van der Waals surface area contributed by atoms with E-state index in [1.165, 1.54) is 6.07 Å². The van der Waals surface area contributed by atoms with Crippen molar-refractivity contribution < 1.29 is 17.2 Å². The summed E-state index contributed by atoms with van der Waals surface area (Å²) >= 11 is 5.72. The summed E-state index contributed by atoms with van der Waals surface area (Å²) in [6.07, 6.45) is 1.11. The SMILES string of the molecule is O=S(=O)(/C=C\c1ccc(F)cc1F)Cc1ccc(Cl)cc1. The summed E-state index contributed by atoms with van der Waals surface area (Å²) in [4.78, 5) is 0. The van der Waals surface area contributed by atoms with Crippen molar-refractivity contribution in [3.63, 3.8) is 0 Å². The second-order valence-corrected chi connectivity index (χ2v) is 6.73. The standard InChI is InChI=1S/C15H11ClF2O2S/c16-13-4-1-11(2-5-13)10-21(19,20)8-7-12-3-6-14(17)9-15(12)18/h1-9H,10H2/b8-7-. The summed E-state index contributed by atoms with van der Waals surface area (Å²) < 4.78 is 50.0. The zero-order valence-corrected chi connectivity index (χ0v) is 12.3. The predicted molar refractivity (Wildman–Crippen MR) is 79.5 cm³/mol. The first-order chi connectivity index (χ1) is 9.85. The lowest BCUT2D eigenvalue weighted by Gasteiger charge is -2.01. The highest BCUT2D eigenvalue weighted by molar-refractivity contribution is 7.93. The molecule has 0 aliphatic carbocycles. The molecule has 0 aliphatic rings. The minimum Gasteiger partial charge on any atom is -0.224 e. The smallest absolute Gasteiger partial charge is 0.175 e. The normalized spacial score (nSPS) is 12.0. The van der Waals surface area contributed by atoms with Crippen molar-refractivity contribution in [2.75, 3.05) is 0 Å². The lowest BCUT2D eigenvalue weighted by molar-refractivity contribution is 0.581. The van der Waals surface area contributed by atoms with E-state index in [1.807, 2.05) is 0 Å². The number of rotatable bonds is 4. The molecule has 2 aromatic carbocycles. The van der Waals surface area contributed by atoms with Crippen LogP contribution in [0.4, 0.5) is 8.78 Å². The first kappa shape index (κ1) is 15.7. The Morgan fingerprint density at radius 2 is 1.71 bits per heavy atom. The van der Waals surface area contributed by atoms with Crippen LogP contribution >= 0.6 is 11.6 Å². The first-order valence-corrected chi connectivity index (χ1v) is 8.05. The van der Waals surface area contributed by atoms with Crippen LogP contribution in [-0.4, -0.2) is 8.42 Å². The van der Waals surface area contributed by atoms with Gasteiger partial charge in [-0.2, -0.15) is 0 Å². The van der Waals surface area contributed by atoms with Crippen LogP contribution in [0.15, 0.2) is 47.9 Å². The number of halogens is 3. The van der Waals surface area contributed by atoms with E-state index >= 15 is 0 Å². The molecule has 0 bridgehead atoms. The molecule has 0 N–H and O–H groups in total. The van der Waals surface area contributed by atoms with Crippen LogP contribution in [-0.2, 0) is 15.6 Å². The van der Waals surface area contributed by atoms with Gasteiger partial charge in [-0.25, -0.2) is 17.2 Å². The van der Waals surface area contributed by atoms with Gasteiger partial charge in [-0.15, -0.1) is 0 Å². The monoisotopic (exact) mass is 328 g/mol. The maximum atomic E-state index is 13.4. The number of sulfone groups is 1. The molecule has 0 aromatic heterocycles. The van der Waals surface area contributed by atoms with Gasteiger partial charge >= 0.3 is 0 Å². The minimum atomic E-state index is -3.56. The molecule has 0 saturated carbocycles. The van der Waals surface area contributed by atoms with E-state index in [9.17, 15) is 17.2 Å². The van der Waals surface area contributed by atoms with E-state index < -0.39 is 21.5 Å². The second kappa shape index (κ2) is 6.37. The molecule has 0 aliphatic heterocycles. The van der Waals surface area contributed by atoms with E-state index in [-0.39, 0.29) is 11.3 Å². The summed E-state index contributed by atoms with van der Waals surface area (Å²) in [5, 5.41) is 1.43. The molecule has 0 amide bonds. The molecular formula is C15H11ClF2O2S. The van der Waals surface area contributed by atoms with E-state index in [4.69, 9.17) is 11.6 Å². The molecular weight excluding hydrogens is 318 g/mol. The Bertz CT molecular complexity index is 769. The van der Waals surface area contributed by atoms with Crippen molar-refractivity contribution >= 4 is 27.5 Å². The number of hydrogen-bond donors (Lipinski definition) is 0. The molecule has 0 atom stereocenters. The number of hydrogen-bond acceptors (Lipinski definition) is 2. The van der Waals surface area contributed by atoms with E-state index in [0.29, 0.717) is 16.7 Å². The first-order valence-electron chi connectivity index (χ1n) is 5.96. The van der Waals surface area contributed by atoms with Crippen molar-refractivity contribution in [1.29, 1.82) is 0 Å². The zero-order valence-electron chi connectivity index (χ0n) is 10.8. The predicted octanol–water partition coefficient (Wildman–Crippen LogP) is 4.20. The fraction of sp³-hybridized carbons (Fsp3) is 0.0667.